The van der Waals surface area contributed by atoms with Crippen LogP contribution in [-0.4, -0.2) is 40.7 Å². The number of halogens is 1. The zero-order valence-corrected chi connectivity index (χ0v) is 16.5. The van der Waals surface area contributed by atoms with Crippen LogP contribution in [0.5, 0.6) is 0 Å². The highest BCUT2D eigenvalue weighted by molar-refractivity contribution is 8.14. The molecule has 1 aromatic carbocycles. The summed E-state index contributed by atoms with van der Waals surface area (Å²) in [6.45, 7) is 0.719. The smallest absolute Gasteiger partial charge is 0.126 e. The van der Waals surface area contributed by atoms with Crippen molar-refractivity contribution < 1.29 is 8.57 Å². The molecular weight excluding hydrogens is 369 g/mol. The van der Waals surface area contributed by atoms with Crippen molar-refractivity contribution in [2.24, 2.45) is 4.99 Å². The number of thioether (sulfide) groups is 1. The summed E-state index contributed by atoms with van der Waals surface area (Å²) in [5.41, 5.74) is 2.83. The highest BCUT2D eigenvalue weighted by Crippen LogP contribution is 2.32. The largest absolute Gasteiger partial charge is 0.381 e. The van der Waals surface area contributed by atoms with Gasteiger partial charge in [-0.05, 0) is 49.5 Å². The summed E-state index contributed by atoms with van der Waals surface area (Å²) in [5.74, 6) is 0.779. The van der Waals surface area contributed by atoms with Gasteiger partial charge in [-0.25, -0.2) is 4.39 Å². The summed E-state index contributed by atoms with van der Waals surface area (Å²) >= 11 is 3.16. The molecule has 1 saturated carbocycles. The van der Waals surface area contributed by atoms with Gasteiger partial charge in [0.25, 0.3) is 0 Å². The molecule has 0 spiro atoms. The van der Waals surface area contributed by atoms with Gasteiger partial charge >= 0.3 is 0 Å². The fourth-order valence-electron chi connectivity index (χ4n) is 3.70. The third-order valence-electron chi connectivity index (χ3n) is 5.00. The van der Waals surface area contributed by atoms with Gasteiger partial charge in [0.1, 0.15) is 10.9 Å². The SMILES string of the molecule is CSOCCC1CSC(c2cc3cc(F)cc(NC4CCCC4)c3[nH]2)=N1. The number of nitrogens with zero attached hydrogens (tertiary/aromatic N) is 1. The topological polar surface area (TPSA) is 49.4 Å². The minimum Gasteiger partial charge on any atom is -0.381 e. The van der Waals surface area contributed by atoms with Crippen LogP contribution < -0.4 is 5.32 Å². The molecule has 0 radical (unpaired) electrons. The van der Waals surface area contributed by atoms with Gasteiger partial charge in [0.2, 0.25) is 0 Å². The number of hydrogen-bond donors (Lipinski definition) is 2. The first kappa shape index (κ1) is 18.2. The fourth-order valence-corrected chi connectivity index (χ4v) is 5.05. The van der Waals surface area contributed by atoms with Crippen LogP contribution >= 0.6 is 23.8 Å². The Bertz CT molecular complexity index is 801. The second-order valence-electron chi connectivity index (χ2n) is 6.90. The molecule has 0 saturated heterocycles. The monoisotopic (exact) mass is 393 g/mol. The Labute approximate surface area is 162 Å². The molecule has 4 rings (SSSR count). The average Bonchev–Trinajstić information content (AvgIpc) is 3.34. The van der Waals surface area contributed by atoms with Crippen LogP contribution in [0, 0.1) is 5.82 Å². The van der Waals surface area contributed by atoms with E-state index in [0.717, 1.165) is 59.0 Å². The molecule has 1 atom stereocenters. The molecule has 2 aliphatic rings. The predicted molar refractivity (Wildman–Crippen MR) is 111 cm³/mol. The number of anilines is 1. The van der Waals surface area contributed by atoms with E-state index >= 15 is 0 Å². The first-order chi connectivity index (χ1) is 12.7. The first-order valence-corrected chi connectivity index (χ1v) is 11.3. The summed E-state index contributed by atoms with van der Waals surface area (Å²) in [5, 5.41) is 5.45. The van der Waals surface area contributed by atoms with Crippen LogP contribution in [0.2, 0.25) is 0 Å². The third kappa shape index (κ3) is 4.05. The first-order valence-electron chi connectivity index (χ1n) is 9.18. The van der Waals surface area contributed by atoms with E-state index in [-0.39, 0.29) is 5.82 Å². The Morgan fingerprint density at radius 1 is 1.35 bits per heavy atom. The summed E-state index contributed by atoms with van der Waals surface area (Å²) in [6, 6.07) is 5.96. The van der Waals surface area contributed by atoms with Crippen molar-refractivity contribution in [2.75, 3.05) is 23.9 Å². The lowest BCUT2D eigenvalue weighted by Crippen LogP contribution is -2.14. The average molecular weight is 394 g/mol. The summed E-state index contributed by atoms with van der Waals surface area (Å²) in [7, 11) is 0. The maximum Gasteiger partial charge on any atom is 0.126 e. The van der Waals surface area contributed by atoms with Crippen molar-refractivity contribution in [1.82, 2.24) is 4.98 Å². The Balaban J connectivity index is 1.56. The van der Waals surface area contributed by atoms with Crippen LogP contribution in [-0.2, 0) is 4.18 Å². The lowest BCUT2D eigenvalue weighted by Gasteiger charge is -2.14. The van der Waals surface area contributed by atoms with Crippen molar-refractivity contribution in [3.8, 4) is 0 Å². The zero-order valence-electron chi connectivity index (χ0n) is 14.9. The number of H-pyrrole nitrogens is 1. The van der Waals surface area contributed by atoms with E-state index in [1.54, 1.807) is 23.9 Å². The molecular formula is C19H24FN3OS2. The summed E-state index contributed by atoms with van der Waals surface area (Å²) in [6.07, 6.45) is 7.68. The fraction of sp³-hybridized carbons (Fsp3) is 0.526. The van der Waals surface area contributed by atoms with Gasteiger partial charge in [0.05, 0.1) is 29.5 Å². The van der Waals surface area contributed by atoms with Gasteiger partial charge in [0, 0.05) is 23.4 Å². The molecule has 1 aliphatic carbocycles. The Morgan fingerprint density at radius 3 is 3.00 bits per heavy atom. The second kappa shape index (κ2) is 8.23. The Morgan fingerprint density at radius 2 is 2.19 bits per heavy atom. The molecule has 4 nitrogen and oxygen atoms in total. The number of fused-ring (bicyclic) bond motifs is 1. The second-order valence-corrected chi connectivity index (χ2v) is 8.48. The highest BCUT2D eigenvalue weighted by atomic mass is 32.2. The normalized spacial score (nSPS) is 20.8. The molecule has 1 unspecified atom stereocenters. The lowest BCUT2D eigenvalue weighted by molar-refractivity contribution is 0.354. The molecule has 7 heteroatoms. The minimum absolute atomic E-state index is 0.198. The van der Waals surface area contributed by atoms with E-state index in [2.05, 4.69) is 10.3 Å². The minimum atomic E-state index is -0.198. The maximum atomic E-state index is 14.1. The molecule has 1 aliphatic heterocycles. The van der Waals surface area contributed by atoms with E-state index in [0.29, 0.717) is 12.1 Å². The van der Waals surface area contributed by atoms with Crippen molar-refractivity contribution >= 4 is 45.4 Å². The van der Waals surface area contributed by atoms with Crippen LogP contribution in [0.15, 0.2) is 23.2 Å². The van der Waals surface area contributed by atoms with E-state index in [1.165, 1.54) is 24.9 Å². The number of nitrogens with one attached hydrogen (secondary N) is 2. The van der Waals surface area contributed by atoms with Crippen molar-refractivity contribution in [3.05, 3.63) is 29.7 Å². The van der Waals surface area contributed by atoms with Gasteiger partial charge in [-0.1, -0.05) is 12.8 Å². The van der Waals surface area contributed by atoms with Crippen LogP contribution in [0.4, 0.5) is 10.1 Å². The van der Waals surface area contributed by atoms with Crippen molar-refractivity contribution in [3.63, 3.8) is 0 Å². The Kier molecular flexibility index (Phi) is 5.76. The van der Waals surface area contributed by atoms with E-state index < -0.39 is 0 Å². The van der Waals surface area contributed by atoms with Gasteiger partial charge in [-0.2, -0.15) is 0 Å². The van der Waals surface area contributed by atoms with E-state index in [9.17, 15) is 4.39 Å². The number of aromatic amines is 1. The Hall–Kier alpha value is -1.18. The van der Waals surface area contributed by atoms with Crippen LogP contribution in [0.1, 0.15) is 37.8 Å². The summed E-state index contributed by atoms with van der Waals surface area (Å²) < 4.78 is 19.4. The van der Waals surface area contributed by atoms with Crippen molar-refractivity contribution in [1.29, 1.82) is 0 Å². The van der Waals surface area contributed by atoms with Gasteiger partial charge in [-0.15, -0.1) is 11.8 Å². The van der Waals surface area contributed by atoms with E-state index in [4.69, 9.17) is 9.18 Å². The number of rotatable bonds is 7. The molecule has 1 fully saturated rings. The van der Waals surface area contributed by atoms with Gasteiger partial charge in [-0.3, -0.25) is 4.99 Å². The molecule has 140 valence electrons. The zero-order chi connectivity index (χ0) is 17.9. The predicted octanol–water partition coefficient (Wildman–Crippen LogP) is 5.21. The number of benzene rings is 1. The van der Waals surface area contributed by atoms with E-state index in [1.807, 2.05) is 12.3 Å². The maximum absolute atomic E-state index is 14.1. The van der Waals surface area contributed by atoms with Crippen LogP contribution in [0.25, 0.3) is 10.9 Å². The number of aromatic nitrogens is 1. The standard InChI is InChI=1S/C19H24FN3OS2/c1-25-24-7-6-15-11-26-19(22-15)17-9-12-8-13(20)10-16(18(12)23-17)21-14-4-2-3-5-14/h8-10,14-15,21,23H,2-7,11H2,1H3. The number of aliphatic imine (C=N–C) groups is 1. The molecule has 2 aromatic rings. The lowest BCUT2D eigenvalue weighted by atomic mass is 10.2. The summed E-state index contributed by atoms with van der Waals surface area (Å²) in [4.78, 5) is 8.30. The molecule has 0 amide bonds. The quantitative estimate of drug-likeness (QED) is 0.501. The molecule has 2 heterocycles. The molecule has 0 bridgehead atoms. The molecule has 1 aromatic heterocycles. The van der Waals surface area contributed by atoms with Gasteiger partial charge < -0.3 is 14.5 Å². The van der Waals surface area contributed by atoms with Gasteiger partial charge in [0.15, 0.2) is 0 Å². The molecule has 26 heavy (non-hydrogen) atoms. The number of hydrogen-bond acceptors (Lipinski definition) is 5. The molecule has 2 N–H and O–H groups in total. The van der Waals surface area contributed by atoms with Crippen LogP contribution in [0.3, 0.4) is 0 Å². The third-order valence-corrected chi connectivity index (χ3v) is 6.56. The van der Waals surface area contributed by atoms with Crippen molar-refractivity contribution in [2.45, 2.75) is 44.2 Å². The highest BCUT2D eigenvalue weighted by Gasteiger charge is 2.22.